The van der Waals surface area contributed by atoms with Crippen LogP contribution in [0.5, 0.6) is 0 Å². The third-order valence-electron chi connectivity index (χ3n) is 4.34. The molecule has 0 spiro atoms. The Kier molecular flexibility index (Phi) is 4.99. The van der Waals surface area contributed by atoms with Crippen LogP contribution in [0.2, 0.25) is 5.22 Å². The van der Waals surface area contributed by atoms with Crippen LogP contribution < -0.4 is 0 Å². The fourth-order valence-corrected chi connectivity index (χ4v) is 3.30. The smallest absolute Gasteiger partial charge is 0.193 e. The molecular weight excluding hydrogens is 276 g/mol. The van der Waals surface area contributed by atoms with Crippen molar-refractivity contribution in [2.24, 2.45) is 5.92 Å². The van der Waals surface area contributed by atoms with Crippen molar-refractivity contribution in [3.05, 3.63) is 23.1 Å². The summed E-state index contributed by atoms with van der Waals surface area (Å²) in [6.07, 6.45) is 2.57. The fraction of sp³-hybridized carbons (Fsp3) is 0.733. The Bertz CT molecular complexity index is 410. The summed E-state index contributed by atoms with van der Waals surface area (Å²) < 4.78 is 10.8. The first-order chi connectivity index (χ1) is 9.79. The van der Waals surface area contributed by atoms with Crippen LogP contribution >= 0.6 is 11.6 Å². The van der Waals surface area contributed by atoms with Gasteiger partial charge in [-0.3, -0.25) is 9.80 Å². The van der Waals surface area contributed by atoms with Gasteiger partial charge >= 0.3 is 0 Å². The molecule has 5 heteroatoms. The molecule has 112 valence electrons. The number of hydrogen-bond donors (Lipinski definition) is 0. The van der Waals surface area contributed by atoms with Crippen molar-refractivity contribution in [2.75, 3.05) is 45.9 Å². The molecule has 20 heavy (non-hydrogen) atoms. The highest BCUT2D eigenvalue weighted by Crippen LogP contribution is 2.22. The Hall–Kier alpha value is -0.550. The number of halogens is 1. The summed E-state index contributed by atoms with van der Waals surface area (Å²) in [5.74, 6) is 1.81. The normalized spacial score (nSPS) is 23.2. The molecule has 3 heterocycles. The van der Waals surface area contributed by atoms with Gasteiger partial charge in [0.05, 0.1) is 19.8 Å². The zero-order valence-electron chi connectivity index (χ0n) is 11.9. The minimum absolute atomic E-state index is 0.488. The number of nitrogens with zero attached hydrogens (tertiary/aromatic N) is 2. The van der Waals surface area contributed by atoms with E-state index in [4.69, 9.17) is 20.8 Å². The Labute approximate surface area is 125 Å². The van der Waals surface area contributed by atoms with Crippen molar-refractivity contribution < 1.29 is 9.15 Å². The Morgan fingerprint density at radius 3 is 2.45 bits per heavy atom. The molecular formula is C15H23ClN2O2. The predicted octanol–water partition coefficient (Wildman–Crippen LogP) is 2.48. The number of rotatable bonds is 4. The first-order valence-corrected chi connectivity index (χ1v) is 7.94. The molecule has 3 rings (SSSR count). The van der Waals surface area contributed by atoms with Gasteiger partial charge in [0.2, 0.25) is 0 Å². The van der Waals surface area contributed by atoms with E-state index in [9.17, 15) is 0 Å². The standard InChI is InChI=1S/C15H23ClN2O2/c16-15-2-1-14(20-15)12-17-5-3-13(4-6-17)11-18-7-9-19-10-8-18/h1-2,13H,3-12H2. The molecule has 2 aliphatic rings. The minimum atomic E-state index is 0.488. The molecule has 2 fully saturated rings. The van der Waals surface area contributed by atoms with Crippen LogP contribution in [-0.4, -0.2) is 55.7 Å². The summed E-state index contributed by atoms with van der Waals surface area (Å²) in [6.45, 7) is 8.45. The molecule has 2 saturated heterocycles. The highest BCUT2D eigenvalue weighted by Gasteiger charge is 2.22. The number of likely N-dealkylation sites (tertiary alicyclic amines) is 1. The van der Waals surface area contributed by atoms with Crippen molar-refractivity contribution in [1.29, 1.82) is 0 Å². The van der Waals surface area contributed by atoms with E-state index in [2.05, 4.69) is 9.80 Å². The van der Waals surface area contributed by atoms with E-state index in [0.717, 1.165) is 57.6 Å². The summed E-state index contributed by atoms with van der Waals surface area (Å²) in [5, 5.41) is 0.488. The average Bonchev–Trinajstić information content (AvgIpc) is 2.88. The molecule has 0 atom stereocenters. The topological polar surface area (TPSA) is 28.9 Å². The molecule has 0 aromatic carbocycles. The zero-order chi connectivity index (χ0) is 13.8. The lowest BCUT2D eigenvalue weighted by atomic mass is 9.96. The van der Waals surface area contributed by atoms with E-state index >= 15 is 0 Å². The van der Waals surface area contributed by atoms with Gasteiger partial charge in [0.25, 0.3) is 0 Å². The van der Waals surface area contributed by atoms with Crippen molar-refractivity contribution >= 4 is 11.6 Å². The number of piperidine rings is 1. The molecule has 1 aromatic heterocycles. The molecule has 1 aromatic rings. The van der Waals surface area contributed by atoms with Crippen LogP contribution in [-0.2, 0) is 11.3 Å². The third kappa shape index (κ3) is 3.98. The van der Waals surface area contributed by atoms with Crippen LogP contribution in [0.1, 0.15) is 18.6 Å². The van der Waals surface area contributed by atoms with E-state index in [1.54, 1.807) is 0 Å². The van der Waals surface area contributed by atoms with Gasteiger partial charge in [-0.1, -0.05) is 0 Å². The van der Waals surface area contributed by atoms with Gasteiger partial charge in [-0.05, 0) is 55.6 Å². The first kappa shape index (κ1) is 14.4. The van der Waals surface area contributed by atoms with Crippen molar-refractivity contribution in [3.63, 3.8) is 0 Å². The van der Waals surface area contributed by atoms with Crippen LogP contribution in [0, 0.1) is 5.92 Å². The lowest BCUT2D eigenvalue weighted by Crippen LogP contribution is -2.42. The second-order valence-corrected chi connectivity index (χ2v) is 6.21. The summed E-state index contributed by atoms with van der Waals surface area (Å²) in [4.78, 5) is 5.01. The van der Waals surface area contributed by atoms with Crippen LogP contribution in [0.3, 0.4) is 0 Å². The predicted molar refractivity (Wildman–Crippen MR) is 79.0 cm³/mol. The maximum atomic E-state index is 5.81. The minimum Gasteiger partial charge on any atom is -0.448 e. The highest BCUT2D eigenvalue weighted by molar-refractivity contribution is 6.28. The summed E-state index contributed by atoms with van der Waals surface area (Å²) in [7, 11) is 0. The molecule has 0 saturated carbocycles. The molecule has 0 N–H and O–H groups in total. The monoisotopic (exact) mass is 298 g/mol. The largest absolute Gasteiger partial charge is 0.448 e. The van der Waals surface area contributed by atoms with Gasteiger partial charge in [-0.2, -0.15) is 0 Å². The van der Waals surface area contributed by atoms with E-state index in [1.165, 1.54) is 19.4 Å². The van der Waals surface area contributed by atoms with E-state index < -0.39 is 0 Å². The SMILES string of the molecule is Clc1ccc(CN2CCC(CN3CCOCC3)CC2)o1. The van der Waals surface area contributed by atoms with Gasteiger partial charge in [-0.25, -0.2) is 0 Å². The second kappa shape index (κ2) is 6.94. The van der Waals surface area contributed by atoms with Crippen LogP contribution in [0.15, 0.2) is 16.5 Å². The van der Waals surface area contributed by atoms with Crippen LogP contribution in [0.25, 0.3) is 0 Å². The van der Waals surface area contributed by atoms with Gasteiger partial charge < -0.3 is 9.15 Å². The Morgan fingerprint density at radius 1 is 1.05 bits per heavy atom. The van der Waals surface area contributed by atoms with Gasteiger partial charge in [-0.15, -0.1) is 0 Å². The molecule has 0 amide bonds. The third-order valence-corrected chi connectivity index (χ3v) is 4.54. The molecule has 0 unspecified atom stereocenters. The van der Waals surface area contributed by atoms with Gasteiger partial charge in [0, 0.05) is 19.6 Å². The van der Waals surface area contributed by atoms with Crippen molar-refractivity contribution in [1.82, 2.24) is 9.80 Å². The molecule has 2 aliphatic heterocycles. The zero-order valence-corrected chi connectivity index (χ0v) is 12.6. The average molecular weight is 299 g/mol. The summed E-state index contributed by atoms with van der Waals surface area (Å²) in [6, 6.07) is 3.80. The maximum absolute atomic E-state index is 5.81. The van der Waals surface area contributed by atoms with E-state index in [1.807, 2.05) is 12.1 Å². The quantitative estimate of drug-likeness (QED) is 0.854. The molecule has 4 nitrogen and oxygen atoms in total. The Morgan fingerprint density at radius 2 is 1.80 bits per heavy atom. The van der Waals surface area contributed by atoms with Crippen molar-refractivity contribution in [3.8, 4) is 0 Å². The summed E-state index contributed by atoms with van der Waals surface area (Å²) >= 11 is 5.81. The van der Waals surface area contributed by atoms with Crippen molar-refractivity contribution in [2.45, 2.75) is 19.4 Å². The maximum Gasteiger partial charge on any atom is 0.193 e. The lowest BCUT2D eigenvalue weighted by molar-refractivity contribution is 0.0239. The van der Waals surface area contributed by atoms with Crippen LogP contribution in [0.4, 0.5) is 0 Å². The number of morpholine rings is 1. The number of furan rings is 1. The lowest BCUT2D eigenvalue weighted by Gasteiger charge is -2.35. The molecule has 0 bridgehead atoms. The van der Waals surface area contributed by atoms with Gasteiger partial charge in [0.1, 0.15) is 5.76 Å². The van der Waals surface area contributed by atoms with E-state index in [0.29, 0.717) is 5.22 Å². The first-order valence-electron chi connectivity index (χ1n) is 7.56. The van der Waals surface area contributed by atoms with E-state index in [-0.39, 0.29) is 0 Å². The number of ether oxygens (including phenoxy) is 1. The highest BCUT2D eigenvalue weighted by atomic mass is 35.5. The molecule has 0 aliphatic carbocycles. The second-order valence-electron chi connectivity index (χ2n) is 5.84. The van der Waals surface area contributed by atoms with Gasteiger partial charge in [0.15, 0.2) is 5.22 Å². The summed E-state index contributed by atoms with van der Waals surface area (Å²) in [5.41, 5.74) is 0. The Balaban J connectivity index is 1.40. The molecule has 0 radical (unpaired) electrons. The number of hydrogen-bond acceptors (Lipinski definition) is 4. The fourth-order valence-electron chi connectivity index (χ4n) is 3.13.